The quantitative estimate of drug-likeness (QED) is 0.107. The number of allylic oxidation sites excluding steroid dienone is 2. The molecule has 230 valence electrons. The summed E-state index contributed by atoms with van der Waals surface area (Å²) in [5, 5.41) is 19.9. The van der Waals surface area contributed by atoms with Crippen molar-refractivity contribution in [2.24, 2.45) is 11.8 Å². The third kappa shape index (κ3) is 3.99. The number of benzene rings is 2. The van der Waals surface area contributed by atoms with Gasteiger partial charge >= 0.3 is 0 Å². The molecule has 0 atom stereocenters. The topological polar surface area (TPSA) is 56.3 Å². The molecule has 0 spiro atoms. The first-order valence-corrected chi connectivity index (χ1v) is 16.4. The Balaban J connectivity index is 1.68. The monoisotopic (exact) mass is 662 g/mol. The zero-order chi connectivity index (χ0) is 33.7. The maximum Gasteiger partial charge on any atom is 0.271 e. The summed E-state index contributed by atoms with van der Waals surface area (Å²) in [4.78, 5) is 9.76. The average molecular weight is 663 g/mol. The number of thiophene rings is 2. The number of fused-ring (bicyclic) bond motifs is 11. The van der Waals surface area contributed by atoms with Crippen LogP contribution in [-0.4, -0.2) is 0 Å². The molecule has 0 fully saturated rings. The predicted octanol–water partition coefficient (Wildman–Crippen LogP) is 11.1. The summed E-state index contributed by atoms with van der Waals surface area (Å²) in [5.41, 5.74) is 3.79. The Hall–Kier alpha value is -5.00. The Labute approximate surface area is 276 Å². The van der Waals surface area contributed by atoms with Crippen LogP contribution in [0.1, 0.15) is 72.5 Å². The van der Waals surface area contributed by atoms with E-state index < -0.39 is 28.7 Å². The molecule has 4 aromatic rings. The van der Waals surface area contributed by atoms with Gasteiger partial charge in [0.05, 0.1) is 25.3 Å². The van der Waals surface area contributed by atoms with Crippen molar-refractivity contribution in [1.82, 2.24) is 0 Å². The van der Waals surface area contributed by atoms with Crippen molar-refractivity contribution in [2.45, 2.75) is 46.0 Å². The molecule has 4 nitrogen and oxygen atoms in total. The minimum atomic E-state index is -1.08. The van der Waals surface area contributed by atoms with Crippen LogP contribution in [0.2, 0.25) is 0 Å². The molecule has 10 heteroatoms. The molecule has 0 saturated heterocycles. The van der Waals surface area contributed by atoms with Gasteiger partial charge in [0, 0.05) is 47.2 Å². The molecule has 2 heterocycles. The van der Waals surface area contributed by atoms with E-state index in [1.165, 1.54) is 22.7 Å². The lowest BCUT2D eigenvalue weighted by molar-refractivity contribution is 0.339. The second kappa shape index (κ2) is 10.5. The van der Waals surface area contributed by atoms with Crippen LogP contribution in [-0.2, 0) is 5.41 Å². The number of nitriles is 2. The first kappa shape index (κ1) is 30.6. The van der Waals surface area contributed by atoms with Crippen molar-refractivity contribution in [2.75, 3.05) is 0 Å². The van der Waals surface area contributed by atoms with Crippen molar-refractivity contribution in [3.05, 3.63) is 114 Å². The van der Waals surface area contributed by atoms with Gasteiger partial charge in [0.15, 0.2) is 23.3 Å². The first-order valence-electron chi connectivity index (χ1n) is 14.8. The maximum atomic E-state index is 15.0. The summed E-state index contributed by atoms with van der Waals surface area (Å²) in [6.07, 6.45) is 1.21. The highest BCUT2D eigenvalue weighted by Crippen LogP contribution is 2.70. The molecule has 0 amide bonds. The van der Waals surface area contributed by atoms with E-state index in [4.69, 9.17) is 13.1 Å². The molecule has 0 radical (unpaired) electrons. The third-order valence-corrected chi connectivity index (χ3v) is 11.6. The predicted molar refractivity (Wildman–Crippen MR) is 174 cm³/mol. The molecule has 0 saturated carbocycles. The Morgan fingerprint density at radius 1 is 0.660 bits per heavy atom. The minimum absolute atomic E-state index is 0.121. The van der Waals surface area contributed by atoms with Gasteiger partial charge in [-0.05, 0) is 82.3 Å². The summed E-state index contributed by atoms with van der Waals surface area (Å²) in [5.74, 6) is -4.02. The standard InChI is InChI=1S/C37H22F4N4S2/c1-15(2)11-37(12-16(3)4)31-29-19-9-23(40)21(38)7-17(19)27(25(13-42)44-5)33(29)46-35(31)36-32(37)30-20-10-24(41)22(39)8-18(20)28(34(30)47-36)26(14-43)45-6/h7-10,15-16H,11-12H2,1-4H3/b27-25-,28-26+. The summed E-state index contributed by atoms with van der Waals surface area (Å²) in [7, 11) is 0. The molecule has 47 heavy (non-hydrogen) atoms. The molecular formula is C37H22F4N4S2. The third-order valence-electron chi connectivity index (χ3n) is 9.05. The van der Waals surface area contributed by atoms with Crippen LogP contribution in [0.15, 0.2) is 35.7 Å². The molecule has 3 aliphatic carbocycles. The normalized spacial score (nSPS) is 16.4. The van der Waals surface area contributed by atoms with Crippen molar-refractivity contribution < 1.29 is 17.6 Å². The smallest absolute Gasteiger partial charge is 0.226 e. The van der Waals surface area contributed by atoms with Gasteiger partial charge in [-0.15, -0.1) is 22.7 Å². The van der Waals surface area contributed by atoms with Gasteiger partial charge in [0.1, 0.15) is 0 Å². The Morgan fingerprint density at radius 3 is 1.30 bits per heavy atom. The molecular weight excluding hydrogens is 641 g/mol. The van der Waals surface area contributed by atoms with Crippen molar-refractivity contribution in [1.29, 1.82) is 10.5 Å². The zero-order valence-corrected chi connectivity index (χ0v) is 27.1. The van der Waals surface area contributed by atoms with E-state index in [0.29, 0.717) is 44.8 Å². The van der Waals surface area contributed by atoms with Gasteiger partial charge in [-0.1, -0.05) is 27.7 Å². The number of hydrogen-bond donors (Lipinski definition) is 0. The second-order valence-corrected chi connectivity index (χ2v) is 14.9. The second-order valence-electron chi connectivity index (χ2n) is 12.8. The van der Waals surface area contributed by atoms with E-state index in [2.05, 4.69) is 37.4 Å². The van der Waals surface area contributed by atoms with Crippen molar-refractivity contribution in [3.8, 4) is 44.1 Å². The molecule has 0 aliphatic heterocycles. The Morgan fingerprint density at radius 2 is 1.00 bits per heavy atom. The maximum absolute atomic E-state index is 15.0. The van der Waals surface area contributed by atoms with Gasteiger partial charge in [0.25, 0.3) is 11.4 Å². The van der Waals surface area contributed by atoms with Crippen LogP contribution in [0.5, 0.6) is 0 Å². The lowest BCUT2D eigenvalue weighted by atomic mass is 9.66. The number of rotatable bonds is 4. The van der Waals surface area contributed by atoms with Crippen LogP contribution in [0, 0.1) is 70.9 Å². The fourth-order valence-corrected chi connectivity index (χ4v) is 11.0. The van der Waals surface area contributed by atoms with Crippen molar-refractivity contribution in [3.63, 3.8) is 0 Å². The summed E-state index contributed by atoms with van der Waals surface area (Å²) in [6, 6.07) is 8.27. The first-order chi connectivity index (χ1) is 22.4. The summed E-state index contributed by atoms with van der Waals surface area (Å²) >= 11 is 2.70. The van der Waals surface area contributed by atoms with Crippen LogP contribution >= 0.6 is 22.7 Å². The molecule has 0 N–H and O–H groups in total. The molecule has 3 aliphatic rings. The van der Waals surface area contributed by atoms with Crippen molar-refractivity contribution >= 4 is 33.8 Å². The van der Waals surface area contributed by atoms with E-state index in [1.54, 1.807) is 0 Å². The molecule has 2 aromatic heterocycles. The van der Waals surface area contributed by atoms with Crippen LogP contribution in [0.4, 0.5) is 17.6 Å². The Kier molecular flexibility index (Phi) is 6.85. The number of nitrogens with zero attached hydrogens (tertiary/aromatic N) is 4. The fraction of sp³-hybridized carbons (Fsp3) is 0.243. The molecule has 2 aromatic carbocycles. The van der Waals surface area contributed by atoms with Gasteiger partial charge in [-0.2, -0.15) is 0 Å². The fourth-order valence-electron chi connectivity index (χ4n) is 7.88. The van der Waals surface area contributed by atoms with E-state index >= 15 is 8.78 Å². The number of hydrogen-bond acceptors (Lipinski definition) is 4. The highest BCUT2D eigenvalue weighted by atomic mass is 32.1. The van der Waals surface area contributed by atoms with Gasteiger partial charge in [-0.25, -0.2) is 37.8 Å². The SMILES string of the molecule is [C-]#[N+]/C(C#N)=C1/c2cc(F)c(F)cc2-c2c1sc1c2C(CC(C)C)(CC(C)C)c2c-1sc1c2-c2cc(F)c(F)cc2/C1=C(/C#N)[N+]#[C-]. The highest BCUT2D eigenvalue weighted by Gasteiger charge is 2.54. The van der Waals surface area contributed by atoms with E-state index in [9.17, 15) is 19.3 Å². The van der Waals surface area contributed by atoms with Crippen LogP contribution in [0.3, 0.4) is 0 Å². The summed E-state index contributed by atoms with van der Waals surface area (Å²) in [6.45, 7) is 23.8. The molecule has 7 rings (SSSR count). The van der Waals surface area contributed by atoms with E-state index in [0.717, 1.165) is 45.1 Å². The summed E-state index contributed by atoms with van der Waals surface area (Å²) < 4.78 is 59.5. The van der Waals surface area contributed by atoms with Gasteiger partial charge in [-0.3, -0.25) is 0 Å². The highest BCUT2D eigenvalue weighted by molar-refractivity contribution is 7.24. The molecule has 0 unspecified atom stereocenters. The van der Waals surface area contributed by atoms with Gasteiger partial charge in [0.2, 0.25) is 0 Å². The van der Waals surface area contributed by atoms with Crippen LogP contribution < -0.4 is 0 Å². The largest absolute Gasteiger partial charge is 0.271 e. The average Bonchev–Trinajstić information content (AvgIpc) is 3.76. The number of halogens is 4. The van der Waals surface area contributed by atoms with E-state index in [1.807, 2.05) is 12.1 Å². The molecule has 0 bridgehead atoms. The van der Waals surface area contributed by atoms with E-state index in [-0.39, 0.29) is 45.5 Å². The lowest BCUT2D eigenvalue weighted by Gasteiger charge is -2.36. The van der Waals surface area contributed by atoms with Crippen LogP contribution in [0.25, 0.3) is 52.8 Å². The minimum Gasteiger partial charge on any atom is -0.226 e. The Bertz CT molecular complexity index is 2160. The zero-order valence-electron chi connectivity index (χ0n) is 25.5. The van der Waals surface area contributed by atoms with Gasteiger partial charge < -0.3 is 0 Å². The lowest BCUT2D eigenvalue weighted by Crippen LogP contribution is -2.30.